The molecular formula is C25H27F2N7. The standard InChI is InChI=1S/C25H27F2N7/c1-15-10-22(25(26)27)34(31-15)23-12-20(29-14-30-23)11-21-16(2)24(32-33(21)13-17-4-5-17)18-6-8-19(28-3)9-7-18/h6-10,12,14,17,25,28H,4-5,11,13H2,1-3H3. The Bertz CT molecular complexity index is 1300. The van der Waals surface area contributed by atoms with Gasteiger partial charge >= 0.3 is 0 Å². The first-order valence-corrected chi connectivity index (χ1v) is 11.4. The Kier molecular flexibility index (Phi) is 5.85. The third-order valence-electron chi connectivity index (χ3n) is 6.25. The molecule has 1 fully saturated rings. The van der Waals surface area contributed by atoms with E-state index in [4.69, 9.17) is 5.10 Å². The molecular weight excluding hydrogens is 436 g/mol. The molecule has 1 aliphatic rings. The molecule has 34 heavy (non-hydrogen) atoms. The Morgan fingerprint density at radius 2 is 1.82 bits per heavy atom. The number of nitrogens with one attached hydrogen (secondary N) is 1. The van der Waals surface area contributed by atoms with Crippen LogP contribution in [0.25, 0.3) is 17.1 Å². The van der Waals surface area contributed by atoms with Gasteiger partial charge in [0.2, 0.25) is 0 Å². The van der Waals surface area contributed by atoms with E-state index in [-0.39, 0.29) is 5.69 Å². The smallest absolute Gasteiger partial charge is 0.280 e. The molecule has 5 rings (SSSR count). The second-order valence-corrected chi connectivity index (χ2v) is 8.84. The molecule has 0 amide bonds. The fourth-order valence-electron chi connectivity index (χ4n) is 4.20. The van der Waals surface area contributed by atoms with Gasteiger partial charge in [-0.15, -0.1) is 0 Å². The summed E-state index contributed by atoms with van der Waals surface area (Å²) in [5.41, 5.74) is 6.31. The average Bonchev–Trinajstić information content (AvgIpc) is 3.49. The molecule has 1 aliphatic carbocycles. The molecule has 4 aromatic rings. The lowest BCUT2D eigenvalue weighted by molar-refractivity contribution is 0.142. The van der Waals surface area contributed by atoms with Crippen LogP contribution in [-0.2, 0) is 13.0 Å². The van der Waals surface area contributed by atoms with Crippen molar-refractivity contribution in [3.63, 3.8) is 0 Å². The van der Waals surface area contributed by atoms with Crippen molar-refractivity contribution >= 4 is 5.69 Å². The quantitative estimate of drug-likeness (QED) is 0.393. The number of hydrogen-bond acceptors (Lipinski definition) is 5. The number of hydrogen-bond donors (Lipinski definition) is 1. The molecule has 7 nitrogen and oxygen atoms in total. The molecule has 1 N–H and O–H groups in total. The van der Waals surface area contributed by atoms with Crippen LogP contribution in [-0.4, -0.2) is 36.6 Å². The Balaban J connectivity index is 1.50. The summed E-state index contributed by atoms with van der Waals surface area (Å²) in [6.07, 6.45) is 1.73. The van der Waals surface area contributed by atoms with E-state index in [1.807, 2.05) is 19.2 Å². The number of rotatable bonds is 8. The summed E-state index contributed by atoms with van der Waals surface area (Å²) in [7, 11) is 1.90. The maximum Gasteiger partial charge on any atom is 0.280 e. The minimum absolute atomic E-state index is 0.176. The van der Waals surface area contributed by atoms with Crippen LogP contribution >= 0.6 is 0 Å². The molecule has 9 heteroatoms. The van der Waals surface area contributed by atoms with Crippen LogP contribution in [0.2, 0.25) is 0 Å². The van der Waals surface area contributed by atoms with Crippen LogP contribution in [0.4, 0.5) is 14.5 Å². The van der Waals surface area contributed by atoms with Gasteiger partial charge in [0.25, 0.3) is 6.43 Å². The van der Waals surface area contributed by atoms with Gasteiger partial charge in [0.1, 0.15) is 12.0 Å². The summed E-state index contributed by atoms with van der Waals surface area (Å²) in [6.45, 7) is 4.65. The molecule has 0 aliphatic heterocycles. The molecule has 0 spiro atoms. The van der Waals surface area contributed by atoms with Crippen LogP contribution in [0, 0.1) is 19.8 Å². The minimum atomic E-state index is -2.64. The molecule has 0 bridgehead atoms. The van der Waals surface area contributed by atoms with Crippen molar-refractivity contribution in [2.75, 3.05) is 12.4 Å². The Morgan fingerprint density at radius 3 is 2.50 bits per heavy atom. The Morgan fingerprint density at radius 1 is 1.06 bits per heavy atom. The summed E-state index contributed by atoms with van der Waals surface area (Å²) in [5.74, 6) is 0.987. The van der Waals surface area contributed by atoms with Gasteiger partial charge in [-0.05, 0) is 56.4 Å². The van der Waals surface area contributed by atoms with E-state index in [0.717, 1.165) is 40.4 Å². The van der Waals surface area contributed by atoms with E-state index in [1.54, 1.807) is 13.0 Å². The molecule has 3 heterocycles. The van der Waals surface area contributed by atoms with Crippen molar-refractivity contribution in [3.05, 3.63) is 71.1 Å². The van der Waals surface area contributed by atoms with Crippen molar-refractivity contribution in [1.82, 2.24) is 29.5 Å². The molecule has 3 aromatic heterocycles. The number of aryl methyl sites for hydroxylation is 1. The van der Waals surface area contributed by atoms with Gasteiger partial charge in [0.15, 0.2) is 5.82 Å². The lowest BCUT2D eigenvalue weighted by atomic mass is 10.0. The molecule has 1 aromatic carbocycles. The molecule has 0 unspecified atom stereocenters. The highest BCUT2D eigenvalue weighted by Gasteiger charge is 2.26. The van der Waals surface area contributed by atoms with Crippen LogP contribution in [0.3, 0.4) is 0 Å². The first-order valence-electron chi connectivity index (χ1n) is 11.4. The van der Waals surface area contributed by atoms with Crippen LogP contribution in [0.5, 0.6) is 0 Å². The Labute approximate surface area is 196 Å². The summed E-state index contributed by atoms with van der Waals surface area (Å²) in [5, 5.41) is 12.3. The first-order chi connectivity index (χ1) is 16.4. The lowest BCUT2D eigenvalue weighted by Crippen LogP contribution is -2.10. The fraction of sp³-hybridized carbons (Fsp3) is 0.360. The van der Waals surface area contributed by atoms with E-state index in [0.29, 0.717) is 23.9 Å². The third kappa shape index (κ3) is 4.42. The van der Waals surface area contributed by atoms with E-state index in [9.17, 15) is 8.78 Å². The van der Waals surface area contributed by atoms with Gasteiger partial charge in [-0.2, -0.15) is 10.2 Å². The number of anilines is 1. The Hall–Kier alpha value is -3.62. The normalized spacial score (nSPS) is 13.6. The summed E-state index contributed by atoms with van der Waals surface area (Å²) < 4.78 is 30.3. The second-order valence-electron chi connectivity index (χ2n) is 8.84. The second kappa shape index (κ2) is 8.96. The van der Waals surface area contributed by atoms with E-state index < -0.39 is 6.43 Å². The van der Waals surface area contributed by atoms with Gasteiger partial charge in [-0.1, -0.05) is 12.1 Å². The van der Waals surface area contributed by atoms with Crippen molar-refractivity contribution in [3.8, 4) is 17.1 Å². The van der Waals surface area contributed by atoms with Gasteiger partial charge in [-0.3, -0.25) is 4.68 Å². The van der Waals surface area contributed by atoms with Gasteiger partial charge in [0, 0.05) is 43.0 Å². The summed E-state index contributed by atoms with van der Waals surface area (Å²) in [6, 6.07) is 11.3. The average molecular weight is 464 g/mol. The highest BCUT2D eigenvalue weighted by Crippen LogP contribution is 2.34. The number of halogens is 2. The SMILES string of the molecule is CNc1ccc(-c2nn(CC3CC3)c(Cc3cc(-n4nc(C)cc4C(F)F)ncn3)c2C)cc1. The molecule has 0 radical (unpaired) electrons. The van der Waals surface area contributed by atoms with Crippen LogP contribution in [0.1, 0.15) is 47.6 Å². The van der Waals surface area contributed by atoms with E-state index >= 15 is 0 Å². The van der Waals surface area contributed by atoms with Crippen molar-refractivity contribution in [1.29, 1.82) is 0 Å². The van der Waals surface area contributed by atoms with Crippen molar-refractivity contribution in [2.24, 2.45) is 5.92 Å². The third-order valence-corrected chi connectivity index (χ3v) is 6.25. The van der Waals surface area contributed by atoms with Crippen molar-refractivity contribution < 1.29 is 8.78 Å². The highest BCUT2D eigenvalue weighted by atomic mass is 19.3. The zero-order valence-corrected chi connectivity index (χ0v) is 19.5. The van der Waals surface area contributed by atoms with Gasteiger partial charge in [-0.25, -0.2) is 23.4 Å². The molecule has 0 atom stereocenters. The lowest BCUT2D eigenvalue weighted by Gasteiger charge is -2.10. The van der Waals surface area contributed by atoms with E-state index in [2.05, 4.69) is 44.1 Å². The number of nitrogens with zero attached hydrogens (tertiary/aromatic N) is 6. The molecule has 176 valence electrons. The maximum atomic E-state index is 13.5. The summed E-state index contributed by atoms with van der Waals surface area (Å²) >= 11 is 0. The monoisotopic (exact) mass is 463 g/mol. The zero-order chi connectivity index (χ0) is 23.8. The van der Waals surface area contributed by atoms with Crippen LogP contribution in [0.15, 0.2) is 42.7 Å². The predicted octanol–water partition coefficient (Wildman–Crippen LogP) is 5.12. The highest BCUT2D eigenvalue weighted by molar-refractivity contribution is 5.66. The van der Waals surface area contributed by atoms with Gasteiger partial charge in [0.05, 0.1) is 17.1 Å². The van der Waals surface area contributed by atoms with E-state index in [1.165, 1.54) is 29.9 Å². The first kappa shape index (κ1) is 22.2. The van der Waals surface area contributed by atoms with Crippen LogP contribution < -0.4 is 5.32 Å². The topological polar surface area (TPSA) is 73.5 Å². The maximum absolute atomic E-state index is 13.5. The molecule has 0 saturated heterocycles. The number of aromatic nitrogens is 6. The van der Waals surface area contributed by atoms with Gasteiger partial charge < -0.3 is 5.32 Å². The minimum Gasteiger partial charge on any atom is -0.388 e. The number of alkyl halides is 2. The largest absolute Gasteiger partial charge is 0.388 e. The zero-order valence-electron chi connectivity index (χ0n) is 19.5. The molecule has 1 saturated carbocycles. The van der Waals surface area contributed by atoms with Crippen molar-refractivity contribution in [2.45, 2.75) is 46.1 Å². The predicted molar refractivity (Wildman–Crippen MR) is 126 cm³/mol. The fourth-order valence-corrected chi connectivity index (χ4v) is 4.20. The summed E-state index contributed by atoms with van der Waals surface area (Å²) in [4.78, 5) is 8.64. The number of benzene rings is 1.